The molecular formula is C17H14BrClO3. The Morgan fingerprint density at radius 3 is 3.00 bits per heavy atom. The maximum absolute atomic E-state index is 10.8. The van der Waals surface area contributed by atoms with Gasteiger partial charge in [0.25, 0.3) is 0 Å². The minimum Gasteiger partial charge on any atom is -0.507 e. The van der Waals surface area contributed by atoms with Gasteiger partial charge in [-0.15, -0.1) is 0 Å². The molecule has 1 aliphatic carbocycles. The smallest absolute Gasteiger partial charge is 0.153 e. The van der Waals surface area contributed by atoms with Gasteiger partial charge in [-0.1, -0.05) is 39.7 Å². The van der Waals surface area contributed by atoms with Crippen LogP contribution in [0.2, 0.25) is 5.02 Å². The van der Waals surface area contributed by atoms with Crippen molar-refractivity contribution in [2.45, 2.75) is 18.8 Å². The second-order valence-electron chi connectivity index (χ2n) is 5.31. The number of ether oxygens (including phenoxy) is 1. The molecule has 0 aliphatic heterocycles. The number of benzene rings is 2. The molecule has 0 amide bonds. The molecule has 0 fully saturated rings. The van der Waals surface area contributed by atoms with Gasteiger partial charge in [0.15, 0.2) is 6.29 Å². The van der Waals surface area contributed by atoms with Crippen molar-refractivity contribution in [3.63, 3.8) is 0 Å². The number of halogens is 2. The van der Waals surface area contributed by atoms with Gasteiger partial charge in [0.2, 0.25) is 0 Å². The van der Waals surface area contributed by atoms with Crippen LogP contribution in [-0.4, -0.2) is 18.0 Å². The second-order valence-corrected chi connectivity index (χ2v) is 6.58. The molecule has 1 aliphatic rings. The third kappa shape index (κ3) is 2.85. The summed E-state index contributed by atoms with van der Waals surface area (Å²) in [5, 5.41) is 10.1. The van der Waals surface area contributed by atoms with E-state index in [0.717, 1.165) is 17.3 Å². The lowest BCUT2D eigenvalue weighted by atomic mass is 10.0. The first-order chi connectivity index (χ1) is 10.6. The number of carbonyl (C=O) groups is 1. The molecule has 1 atom stereocenters. The lowest BCUT2D eigenvalue weighted by Crippen LogP contribution is -2.08. The van der Waals surface area contributed by atoms with Crippen molar-refractivity contribution in [1.82, 2.24) is 0 Å². The van der Waals surface area contributed by atoms with Crippen molar-refractivity contribution in [1.29, 1.82) is 0 Å². The van der Waals surface area contributed by atoms with Crippen LogP contribution in [0.3, 0.4) is 0 Å². The fraction of sp³-hybridized carbons (Fsp3) is 0.235. The molecule has 0 saturated heterocycles. The highest BCUT2D eigenvalue weighted by atomic mass is 79.9. The van der Waals surface area contributed by atoms with Crippen molar-refractivity contribution >= 4 is 33.8 Å². The summed E-state index contributed by atoms with van der Waals surface area (Å²) >= 11 is 9.67. The Bertz CT molecular complexity index is 730. The molecule has 0 saturated carbocycles. The van der Waals surface area contributed by atoms with E-state index in [2.05, 4.69) is 28.1 Å². The van der Waals surface area contributed by atoms with Crippen LogP contribution in [0.1, 0.15) is 33.8 Å². The SMILES string of the molecule is O=Cc1cc(Cl)c(OCC2CCc3c(Br)cccc32)cc1O. The molecule has 0 spiro atoms. The van der Waals surface area contributed by atoms with Crippen LogP contribution < -0.4 is 4.74 Å². The minimum atomic E-state index is -0.121. The fourth-order valence-electron chi connectivity index (χ4n) is 2.82. The molecule has 22 heavy (non-hydrogen) atoms. The first kappa shape index (κ1) is 15.4. The van der Waals surface area contributed by atoms with Crippen LogP contribution in [0.25, 0.3) is 0 Å². The van der Waals surface area contributed by atoms with Crippen molar-refractivity contribution in [3.8, 4) is 11.5 Å². The number of phenols is 1. The van der Waals surface area contributed by atoms with E-state index in [1.165, 1.54) is 23.3 Å². The molecule has 1 N–H and O–H groups in total. The Labute approximate surface area is 142 Å². The van der Waals surface area contributed by atoms with Crippen LogP contribution in [0.4, 0.5) is 0 Å². The number of carbonyl (C=O) groups excluding carboxylic acids is 1. The molecule has 5 heteroatoms. The maximum atomic E-state index is 10.8. The average Bonchev–Trinajstić information content (AvgIpc) is 2.92. The van der Waals surface area contributed by atoms with E-state index in [-0.39, 0.29) is 11.3 Å². The van der Waals surface area contributed by atoms with Crippen LogP contribution in [0.5, 0.6) is 11.5 Å². The van der Waals surface area contributed by atoms with Crippen molar-refractivity contribution in [2.75, 3.05) is 6.61 Å². The van der Waals surface area contributed by atoms with Crippen molar-refractivity contribution in [3.05, 3.63) is 56.5 Å². The van der Waals surface area contributed by atoms with Gasteiger partial charge in [-0.25, -0.2) is 0 Å². The summed E-state index contributed by atoms with van der Waals surface area (Å²) in [6.07, 6.45) is 2.61. The van der Waals surface area contributed by atoms with Crippen molar-refractivity contribution in [2.24, 2.45) is 0 Å². The number of hydrogen-bond acceptors (Lipinski definition) is 3. The van der Waals surface area contributed by atoms with E-state index in [1.807, 2.05) is 6.07 Å². The highest BCUT2D eigenvalue weighted by Crippen LogP contribution is 2.38. The molecule has 2 aromatic carbocycles. The van der Waals surface area contributed by atoms with Gasteiger partial charge in [-0.2, -0.15) is 0 Å². The Morgan fingerprint density at radius 2 is 2.23 bits per heavy atom. The van der Waals surface area contributed by atoms with E-state index in [9.17, 15) is 9.90 Å². The lowest BCUT2D eigenvalue weighted by molar-refractivity contribution is 0.112. The number of phenolic OH excluding ortho intramolecular Hbond substituents is 1. The zero-order valence-electron chi connectivity index (χ0n) is 11.7. The third-order valence-electron chi connectivity index (χ3n) is 3.99. The van der Waals surface area contributed by atoms with Gasteiger partial charge in [0.1, 0.15) is 11.5 Å². The summed E-state index contributed by atoms with van der Waals surface area (Å²) in [7, 11) is 0. The number of rotatable bonds is 4. The lowest BCUT2D eigenvalue weighted by Gasteiger charge is -2.15. The molecule has 0 bridgehead atoms. The average molecular weight is 382 g/mol. The fourth-order valence-corrected chi connectivity index (χ4v) is 3.63. The van der Waals surface area contributed by atoms with Gasteiger partial charge in [-0.05, 0) is 36.1 Å². The molecule has 0 radical (unpaired) electrons. The Hall–Kier alpha value is -1.52. The topological polar surface area (TPSA) is 46.5 Å². The predicted molar refractivity (Wildman–Crippen MR) is 89.2 cm³/mol. The van der Waals surface area contributed by atoms with Crippen LogP contribution in [0.15, 0.2) is 34.8 Å². The Morgan fingerprint density at radius 1 is 1.41 bits per heavy atom. The van der Waals surface area contributed by atoms with E-state index in [0.29, 0.717) is 29.6 Å². The van der Waals surface area contributed by atoms with Gasteiger partial charge in [0.05, 0.1) is 17.2 Å². The van der Waals surface area contributed by atoms with Crippen LogP contribution >= 0.6 is 27.5 Å². The summed E-state index contributed by atoms with van der Waals surface area (Å²) in [5.74, 6) is 0.577. The molecule has 0 aromatic heterocycles. The van der Waals surface area contributed by atoms with Crippen molar-refractivity contribution < 1.29 is 14.6 Å². The van der Waals surface area contributed by atoms with Crippen LogP contribution in [-0.2, 0) is 6.42 Å². The van der Waals surface area contributed by atoms with E-state index in [1.54, 1.807) is 0 Å². The highest BCUT2D eigenvalue weighted by Gasteiger charge is 2.24. The summed E-state index contributed by atoms with van der Waals surface area (Å²) in [6, 6.07) is 9.00. The number of aromatic hydroxyl groups is 1. The number of aldehydes is 1. The number of hydrogen-bond donors (Lipinski definition) is 1. The monoisotopic (exact) mass is 380 g/mol. The second kappa shape index (κ2) is 6.31. The molecule has 3 rings (SSSR count). The molecule has 0 heterocycles. The molecular weight excluding hydrogens is 368 g/mol. The summed E-state index contributed by atoms with van der Waals surface area (Å²) in [5.41, 5.74) is 2.79. The normalized spacial score (nSPS) is 16.4. The zero-order chi connectivity index (χ0) is 15.7. The summed E-state index contributed by atoms with van der Waals surface area (Å²) < 4.78 is 6.91. The Balaban J connectivity index is 1.76. The largest absolute Gasteiger partial charge is 0.507 e. The van der Waals surface area contributed by atoms with E-state index in [4.69, 9.17) is 16.3 Å². The first-order valence-electron chi connectivity index (χ1n) is 6.98. The van der Waals surface area contributed by atoms with Gasteiger partial charge >= 0.3 is 0 Å². The molecule has 2 aromatic rings. The summed E-state index contributed by atoms with van der Waals surface area (Å²) in [6.45, 7) is 0.489. The van der Waals surface area contributed by atoms with E-state index >= 15 is 0 Å². The summed E-state index contributed by atoms with van der Waals surface area (Å²) in [4.78, 5) is 10.8. The standard InChI is InChI=1S/C17H14BrClO3/c18-14-3-1-2-12-10(4-5-13(12)14)9-22-17-7-16(21)11(8-20)6-15(17)19/h1-3,6-8,10,21H,4-5,9H2. The predicted octanol–water partition coefficient (Wildman–Crippen LogP) is 4.73. The first-order valence-corrected chi connectivity index (χ1v) is 8.15. The van der Waals surface area contributed by atoms with E-state index < -0.39 is 0 Å². The minimum absolute atomic E-state index is 0.121. The van der Waals surface area contributed by atoms with Gasteiger partial charge in [-0.3, -0.25) is 4.79 Å². The molecule has 114 valence electrons. The quantitative estimate of drug-likeness (QED) is 0.779. The van der Waals surface area contributed by atoms with Gasteiger partial charge in [0, 0.05) is 16.5 Å². The Kier molecular flexibility index (Phi) is 4.41. The molecule has 3 nitrogen and oxygen atoms in total. The zero-order valence-corrected chi connectivity index (χ0v) is 14.0. The van der Waals surface area contributed by atoms with Crippen LogP contribution in [0, 0.1) is 0 Å². The maximum Gasteiger partial charge on any atom is 0.153 e. The highest BCUT2D eigenvalue weighted by molar-refractivity contribution is 9.10. The number of fused-ring (bicyclic) bond motifs is 1. The third-order valence-corrected chi connectivity index (χ3v) is 5.02. The van der Waals surface area contributed by atoms with Gasteiger partial charge < -0.3 is 9.84 Å². The molecule has 1 unspecified atom stereocenters.